The number of benzene rings is 1. The standard InChI is InChI=1S/C23H34N4O3/c1-7-16-9-11-17(12-10-16)18-13-19(20-24-21(25-29-20)23(3,4)5)15-27(14-18)30-22(28)26(6)8-2/h9-12,18-19H,7-8,13-15H2,1-6H3. The molecule has 7 heteroatoms. The number of piperidine rings is 1. The quantitative estimate of drug-likeness (QED) is 0.717. The van der Waals surface area contributed by atoms with E-state index in [-0.39, 0.29) is 23.3 Å². The Morgan fingerprint density at radius 2 is 1.87 bits per heavy atom. The number of hydroxylamine groups is 2. The Kier molecular flexibility index (Phi) is 6.81. The fourth-order valence-electron chi connectivity index (χ4n) is 3.59. The summed E-state index contributed by atoms with van der Waals surface area (Å²) in [6.45, 7) is 12.0. The normalized spacial score (nSPS) is 20.2. The van der Waals surface area contributed by atoms with Crippen LogP contribution >= 0.6 is 0 Å². The van der Waals surface area contributed by atoms with Gasteiger partial charge in [0.1, 0.15) is 0 Å². The number of rotatable bonds is 5. The highest BCUT2D eigenvalue weighted by Gasteiger charge is 2.35. The molecule has 1 saturated heterocycles. The molecule has 1 aromatic carbocycles. The molecule has 30 heavy (non-hydrogen) atoms. The first-order chi connectivity index (χ1) is 14.2. The molecule has 0 aliphatic carbocycles. The van der Waals surface area contributed by atoms with Crippen LogP contribution in [-0.4, -0.2) is 52.9 Å². The van der Waals surface area contributed by atoms with Crippen molar-refractivity contribution in [3.8, 4) is 0 Å². The molecule has 164 valence electrons. The van der Waals surface area contributed by atoms with Crippen LogP contribution in [0.25, 0.3) is 0 Å². The number of nitrogens with zero attached hydrogens (tertiary/aromatic N) is 4. The number of hydrogen-bond acceptors (Lipinski definition) is 6. The van der Waals surface area contributed by atoms with Gasteiger partial charge in [0.25, 0.3) is 0 Å². The number of carbonyl (C=O) groups is 1. The molecule has 2 unspecified atom stereocenters. The Morgan fingerprint density at radius 3 is 2.43 bits per heavy atom. The van der Waals surface area contributed by atoms with Crippen molar-refractivity contribution < 1.29 is 14.2 Å². The lowest BCUT2D eigenvalue weighted by Gasteiger charge is -2.35. The highest BCUT2D eigenvalue weighted by Crippen LogP contribution is 2.36. The second-order valence-corrected chi connectivity index (χ2v) is 9.15. The van der Waals surface area contributed by atoms with E-state index < -0.39 is 0 Å². The number of aryl methyl sites for hydroxylation is 1. The van der Waals surface area contributed by atoms with E-state index in [1.165, 1.54) is 11.1 Å². The molecule has 3 rings (SSSR count). The molecule has 1 fully saturated rings. The van der Waals surface area contributed by atoms with E-state index in [1.54, 1.807) is 17.0 Å². The van der Waals surface area contributed by atoms with E-state index in [4.69, 9.17) is 9.36 Å². The summed E-state index contributed by atoms with van der Waals surface area (Å²) in [7, 11) is 1.73. The van der Waals surface area contributed by atoms with Crippen LogP contribution in [0.1, 0.15) is 75.7 Å². The highest BCUT2D eigenvalue weighted by molar-refractivity contribution is 5.66. The lowest BCUT2D eigenvalue weighted by molar-refractivity contribution is -0.131. The fraction of sp³-hybridized carbons (Fsp3) is 0.609. The first-order valence-corrected chi connectivity index (χ1v) is 10.8. The lowest BCUT2D eigenvalue weighted by atomic mass is 9.85. The van der Waals surface area contributed by atoms with Gasteiger partial charge in [-0.2, -0.15) is 4.98 Å². The van der Waals surface area contributed by atoms with Gasteiger partial charge in [-0.25, -0.2) is 4.79 Å². The zero-order valence-corrected chi connectivity index (χ0v) is 19.0. The van der Waals surface area contributed by atoms with Crippen molar-refractivity contribution in [2.75, 3.05) is 26.7 Å². The third-order valence-electron chi connectivity index (χ3n) is 5.73. The molecule has 2 atom stereocenters. The van der Waals surface area contributed by atoms with Crippen LogP contribution in [0.3, 0.4) is 0 Å². The molecule has 1 aliphatic rings. The van der Waals surface area contributed by atoms with Crippen LogP contribution in [0.4, 0.5) is 4.79 Å². The minimum absolute atomic E-state index is 0.00191. The molecule has 0 bridgehead atoms. The zero-order chi connectivity index (χ0) is 21.9. The zero-order valence-electron chi connectivity index (χ0n) is 19.0. The summed E-state index contributed by atoms with van der Waals surface area (Å²) in [6, 6.07) is 8.70. The van der Waals surface area contributed by atoms with Gasteiger partial charge in [0.15, 0.2) is 5.82 Å². The molecule has 0 N–H and O–H groups in total. The molecule has 2 heterocycles. The van der Waals surface area contributed by atoms with Crippen molar-refractivity contribution in [1.29, 1.82) is 0 Å². The second-order valence-electron chi connectivity index (χ2n) is 9.15. The Balaban J connectivity index is 1.84. The van der Waals surface area contributed by atoms with Crippen molar-refractivity contribution in [3.05, 3.63) is 47.1 Å². The SMILES string of the molecule is CCc1ccc(C2CC(c3nc(C(C)(C)C)no3)CN(OC(=O)N(C)CC)C2)cc1. The van der Waals surface area contributed by atoms with Gasteiger partial charge in [0.05, 0.1) is 5.92 Å². The van der Waals surface area contributed by atoms with Crippen LogP contribution < -0.4 is 0 Å². The Hall–Kier alpha value is -2.41. The number of amides is 1. The first kappa shape index (κ1) is 22.3. The van der Waals surface area contributed by atoms with Gasteiger partial charge in [-0.1, -0.05) is 57.1 Å². The van der Waals surface area contributed by atoms with E-state index in [0.29, 0.717) is 31.3 Å². The molecule has 1 aromatic heterocycles. The maximum atomic E-state index is 12.4. The lowest BCUT2D eigenvalue weighted by Crippen LogP contribution is -2.42. The second kappa shape index (κ2) is 9.16. The fourth-order valence-corrected chi connectivity index (χ4v) is 3.59. The summed E-state index contributed by atoms with van der Waals surface area (Å²) in [6.07, 6.45) is 1.53. The van der Waals surface area contributed by atoms with Crippen molar-refractivity contribution >= 4 is 6.09 Å². The van der Waals surface area contributed by atoms with Crippen molar-refractivity contribution in [2.45, 2.75) is 64.7 Å². The molecule has 1 amide bonds. The average Bonchev–Trinajstić information content (AvgIpc) is 3.24. The number of hydrogen-bond donors (Lipinski definition) is 0. The Labute approximate surface area is 179 Å². The summed E-state index contributed by atoms with van der Waals surface area (Å²) in [5.41, 5.74) is 2.37. The minimum atomic E-state index is -0.348. The Bertz CT molecular complexity index is 841. The molecular formula is C23H34N4O3. The van der Waals surface area contributed by atoms with E-state index >= 15 is 0 Å². The van der Waals surface area contributed by atoms with Gasteiger partial charge >= 0.3 is 6.09 Å². The maximum absolute atomic E-state index is 12.4. The maximum Gasteiger partial charge on any atom is 0.428 e. The molecule has 2 aromatic rings. The molecule has 0 spiro atoms. The third-order valence-corrected chi connectivity index (χ3v) is 5.73. The topological polar surface area (TPSA) is 71.7 Å². The smallest absolute Gasteiger partial charge is 0.351 e. The molecular weight excluding hydrogens is 380 g/mol. The van der Waals surface area contributed by atoms with Gasteiger partial charge in [-0.15, -0.1) is 5.06 Å². The van der Waals surface area contributed by atoms with Crippen LogP contribution in [0, 0.1) is 0 Å². The van der Waals surface area contributed by atoms with E-state index in [0.717, 1.165) is 12.8 Å². The van der Waals surface area contributed by atoms with Gasteiger partial charge in [0.2, 0.25) is 5.89 Å². The predicted octanol–water partition coefficient (Wildman–Crippen LogP) is 4.51. The van der Waals surface area contributed by atoms with Crippen molar-refractivity contribution in [3.63, 3.8) is 0 Å². The average molecular weight is 415 g/mol. The predicted molar refractivity (Wildman–Crippen MR) is 115 cm³/mol. The summed E-state index contributed by atoms with van der Waals surface area (Å²) < 4.78 is 5.63. The van der Waals surface area contributed by atoms with Gasteiger partial charge < -0.3 is 14.3 Å². The van der Waals surface area contributed by atoms with Crippen LogP contribution in [0.2, 0.25) is 0 Å². The first-order valence-electron chi connectivity index (χ1n) is 10.8. The van der Waals surface area contributed by atoms with Crippen LogP contribution in [0.15, 0.2) is 28.8 Å². The van der Waals surface area contributed by atoms with Crippen LogP contribution in [0.5, 0.6) is 0 Å². The largest absolute Gasteiger partial charge is 0.428 e. The summed E-state index contributed by atoms with van der Waals surface area (Å²) >= 11 is 0. The minimum Gasteiger partial charge on any atom is -0.351 e. The summed E-state index contributed by atoms with van der Waals surface area (Å²) in [4.78, 5) is 24.3. The highest BCUT2D eigenvalue weighted by atomic mass is 16.7. The van der Waals surface area contributed by atoms with Crippen molar-refractivity contribution in [1.82, 2.24) is 20.1 Å². The van der Waals surface area contributed by atoms with E-state index in [2.05, 4.69) is 62.1 Å². The van der Waals surface area contributed by atoms with Crippen LogP contribution in [-0.2, 0) is 16.7 Å². The third kappa shape index (κ3) is 5.19. The van der Waals surface area contributed by atoms with Gasteiger partial charge in [-0.3, -0.25) is 0 Å². The molecule has 7 nitrogen and oxygen atoms in total. The van der Waals surface area contributed by atoms with E-state index in [9.17, 15) is 4.79 Å². The summed E-state index contributed by atoms with van der Waals surface area (Å²) in [5, 5.41) is 5.94. The van der Waals surface area contributed by atoms with Crippen molar-refractivity contribution in [2.24, 2.45) is 0 Å². The number of carbonyl (C=O) groups excluding carboxylic acids is 1. The van der Waals surface area contributed by atoms with E-state index in [1.807, 2.05) is 6.92 Å². The molecule has 1 aliphatic heterocycles. The number of aromatic nitrogens is 2. The van der Waals surface area contributed by atoms with Gasteiger partial charge in [0, 0.05) is 38.0 Å². The monoisotopic (exact) mass is 414 g/mol. The summed E-state index contributed by atoms with van der Waals surface area (Å²) in [5.74, 6) is 1.51. The molecule has 0 saturated carbocycles. The molecule has 0 radical (unpaired) electrons. The Morgan fingerprint density at radius 1 is 1.20 bits per heavy atom. The van der Waals surface area contributed by atoms with Gasteiger partial charge in [-0.05, 0) is 30.9 Å².